The first-order chi connectivity index (χ1) is 5.74. The van der Waals surface area contributed by atoms with E-state index in [0.717, 1.165) is 6.54 Å². The number of hydrogen-bond donors (Lipinski definition) is 0. The highest BCUT2D eigenvalue weighted by atomic mass is 15.1. The number of hydrogen-bond acceptors (Lipinski definition) is 1. The third-order valence-corrected chi connectivity index (χ3v) is 2.44. The smallest absolute Gasteiger partial charge is 0.00819 e. The fourth-order valence-electron chi connectivity index (χ4n) is 1.56. The maximum absolute atomic E-state index is 3.84. The summed E-state index contributed by atoms with van der Waals surface area (Å²) in [7, 11) is 0. The lowest BCUT2D eigenvalue weighted by Crippen LogP contribution is -2.34. The average molecular weight is 165 g/mol. The first-order valence-electron chi connectivity index (χ1n) is 4.77. The van der Waals surface area contributed by atoms with E-state index in [2.05, 4.69) is 37.5 Å². The third-order valence-electron chi connectivity index (χ3n) is 2.44. The highest BCUT2D eigenvalue weighted by Gasteiger charge is 2.13. The standard InChI is InChI=1S/C11H19N/c1-4-11-7-5-6-8-12(9-11)10(2)3/h4-5,7,10-11H,1,6,8-9H2,2-3H3. The van der Waals surface area contributed by atoms with Gasteiger partial charge in [-0.15, -0.1) is 6.58 Å². The van der Waals surface area contributed by atoms with E-state index in [-0.39, 0.29) is 0 Å². The van der Waals surface area contributed by atoms with E-state index in [1.54, 1.807) is 0 Å². The minimum Gasteiger partial charge on any atom is -0.300 e. The van der Waals surface area contributed by atoms with E-state index >= 15 is 0 Å². The van der Waals surface area contributed by atoms with Gasteiger partial charge in [0, 0.05) is 25.0 Å². The van der Waals surface area contributed by atoms with Gasteiger partial charge in [0.1, 0.15) is 0 Å². The van der Waals surface area contributed by atoms with E-state index < -0.39 is 0 Å². The second-order valence-electron chi connectivity index (χ2n) is 3.71. The molecule has 0 saturated heterocycles. The molecule has 1 nitrogen and oxygen atoms in total. The van der Waals surface area contributed by atoms with Crippen LogP contribution in [0.2, 0.25) is 0 Å². The zero-order chi connectivity index (χ0) is 8.97. The van der Waals surface area contributed by atoms with Crippen LogP contribution in [-0.4, -0.2) is 24.0 Å². The van der Waals surface area contributed by atoms with Gasteiger partial charge < -0.3 is 0 Å². The maximum Gasteiger partial charge on any atom is 0.00819 e. The fraction of sp³-hybridized carbons (Fsp3) is 0.636. The molecule has 0 aromatic rings. The van der Waals surface area contributed by atoms with Gasteiger partial charge >= 0.3 is 0 Å². The molecule has 0 saturated carbocycles. The molecule has 12 heavy (non-hydrogen) atoms. The molecule has 0 spiro atoms. The maximum atomic E-state index is 3.84. The lowest BCUT2D eigenvalue weighted by atomic mass is 10.1. The Balaban J connectivity index is 2.54. The molecule has 0 aromatic carbocycles. The van der Waals surface area contributed by atoms with Gasteiger partial charge in [-0.3, -0.25) is 4.90 Å². The first-order valence-corrected chi connectivity index (χ1v) is 4.77. The Kier molecular flexibility index (Phi) is 3.54. The van der Waals surface area contributed by atoms with Gasteiger partial charge in [-0.1, -0.05) is 18.2 Å². The van der Waals surface area contributed by atoms with Crippen LogP contribution in [0.5, 0.6) is 0 Å². The topological polar surface area (TPSA) is 3.24 Å². The highest BCUT2D eigenvalue weighted by Crippen LogP contribution is 2.12. The van der Waals surface area contributed by atoms with E-state index in [9.17, 15) is 0 Å². The van der Waals surface area contributed by atoms with Crippen LogP contribution in [-0.2, 0) is 0 Å². The molecule has 0 N–H and O–H groups in total. The zero-order valence-corrected chi connectivity index (χ0v) is 8.16. The monoisotopic (exact) mass is 165 g/mol. The van der Waals surface area contributed by atoms with Gasteiger partial charge in [0.25, 0.3) is 0 Å². The number of rotatable bonds is 2. The summed E-state index contributed by atoms with van der Waals surface area (Å²) in [6.07, 6.45) is 7.77. The lowest BCUT2D eigenvalue weighted by Gasteiger charge is -2.26. The molecule has 0 aromatic heterocycles. The van der Waals surface area contributed by atoms with E-state index in [0.29, 0.717) is 12.0 Å². The van der Waals surface area contributed by atoms with Gasteiger partial charge in [-0.05, 0) is 20.3 Å². The van der Waals surface area contributed by atoms with E-state index in [1.165, 1.54) is 13.0 Å². The van der Waals surface area contributed by atoms with Gasteiger partial charge in [-0.25, -0.2) is 0 Å². The molecule has 1 rings (SSSR count). The summed E-state index contributed by atoms with van der Waals surface area (Å²) in [4.78, 5) is 2.51. The van der Waals surface area contributed by atoms with Crippen molar-refractivity contribution >= 4 is 0 Å². The van der Waals surface area contributed by atoms with Gasteiger partial charge in [-0.2, -0.15) is 0 Å². The summed E-state index contributed by atoms with van der Waals surface area (Å²) in [5.41, 5.74) is 0. The Morgan fingerprint density at radius 3 is 2.92 bits per heavy atom. The number of nitrogens with zero attached hydrogens (tertiary/aromatic N) is 1. The minimum atomic E-state index is 0.551. The average Bonchev–Trinajstić information content (AvgIpc) is 2.28. The summed E-state index contributed by atoms with van der Waals surface area (Å²) < 4.78 is 0. The molecule has 68 valence electrons. The summed E-state index contributed by atoms with van der Waals surface area (Å²) in [6, 6.07) is 0.660. The van der Waals surface area contributed by atoms with Crippen LogP contribution in [0, 0.1) is 5.92 Å². The Morgan fingerprint density at radius 2 is 2.33 bits per heavy atom. The molecule has 1 unspecified atom stereocenters. The van der Waals surface area contributed by atoms with Crippen molar-refractivity contribution in [2.24, 2.45) is 5.92 Å². The second-order valence-corrected chi connectivity index (χ2v) is 3.71. The molecule has 1 heteroatoms. The first kappa shape index (κ1) is 9.53. The molecule has 1 heterocycles. The van der Waals surface area contributed by atoms with E-state index in [1.807, 2.05) is 6.08 Å². The lowest BCUT2D eigenvalue weighted by molar-refractivity contribution is 0.220. The third kappa shape index (κ3) is 2.49. The van der Waals surface area contributed by atoms with Crippen molar-refractivity contribution in [1.82, 2.24) is 4.90 Å². The van der Waals surface area contributed by atoms with Crippen LogP contribution in [0.1, 0.15) is 20.3 Å². The van der Waals surface area contributed by atoms with Crippen molar-refractivity contribution in [2.45, 2.75) is 26.3 Å². The molecular formula is C11H19N. The van der Waals surface area contributed by atoms with Crippen molar-refractivity contribution in [1.29, 1.82) is 0 Å². The molecule has 0 radical (unpaired) electrons. The highest BCUT2D eigenvalue weighted by molar-refractivity contribution is 5.01. The fourth-order valence-corrected chi connectivity index (χ4v) is 1.56. The molecule has 0 amide bonds. The molecule has 0 fully saturated rings. The van der Waals surface area contributed by atoms with Gasteiger partial charge in [0.15, 0.2) is 0 Å². The summed E-state index contributed by atoms with van der Waals surface area (Å²) >= 11 is 0. The van der Waals surface area contributed by atoms with Crippen molar-refractivity contribution in [3.8, 4) is 0 Å². The summed E-state index contributed by atoms with van der Waals surface area (Å²) in [6.45, 7) is 10.7. The van der Waals surface area contributed by atoms with Crippen LogP contribution in [0.25, 0.3) is 0 Å². The Bertz CT molecular complexity index is 170. The Hall–Kier alpha value is -0.560. The van der Waals surface area contributed by atoms with Crippen LogP contribution in [0.15, 0.2) is 24.8 Å². The van der Waals surface area contributed by atoms with Crippen LogP contribution < -0.4 is 0 Å². The SMILES string of the molecule is C=CC1C=CCCN(C(C)C)C1. The van der Waals surface area contributed by atoms with Crippen LogP contribution in [0.3, 0.4) is 0 Å². The van der Waals surface area contributed by atoms with Crippen LogP contribution >= 0.6 is 0 Å². The molecule has 1 atom stereocenters. The zero-order valence-electron chi connectivity index (χ0n) is 8.16. The molecular weight excluding hydrogens is 146 g/mol. The second kappa shape index (κ2) is 4.46. The Labute approximate surface area is 75.8 Å². The predicted octanol–water partition coefficient (Wildman–Crippen LogP) is 2.46. The van der Waals surface area contributed by atoms with Crippen molar-refractivity contribution < 1.29 is 0 Å². The van der Waals surface area contributed by atoms with Crippen molar-refractivity contribution in [3.63, 3.8) is 0 Å². The minimum absolute atomic E-state index is 0.551. The normalized spacial score (nSPS) is 25.8. The van der Waals surface area contributed by atoms with Crippen molar-refractivity contribution in [3.05, 3.63) is 24.8 Å². The summed E-state index contributed by atoms with van der Waals surface area (Å²) in [5, 5.41) is 0. The molecule has 0 aliphatic carbocycles. The predicted molar refractivity (Wildman–Crippen MR) is 54.2 cm³/mol. The van der Waals surface area contributed by atoms with E-state index in [4.69, 9.17) is 0 Å². The molecule has 1 aliphatic rings. The largest absolute Gasteiger partial charge is 0.300 e. The molecule has 1 aliphatic heterocycles. The van der Waals surface area contributed by atoms with Gasteiger partial charge in [0.05, 0.1) is 0 Å². The van der Waals surface area contributed by atoms with Gasteiger partial charge in [0.2, 0.25) is 0 Å². The van der Waals surface area contributed by atoms with Crippen molar-refractivity contribution in [2.75, 3.05) is 13.1 Å². The Morgan fingerprint density at radius 1 is 1.58 bits per heavy atom. The van der Waals surface area contributed by atoms with Crippen LogP contribution in [0.4, 0.5) is 0 Å². The molecule has 0 bridgehead atoms. The summed E-state index contributed by atoms with van der Waals surface area (Å²) in [5.74, 6) is 0.551. The quantitative estimate of drug-likeness (QED) is 0.568.